The largest absolute Gasteiger partial charge is 0.444 e. The molecule has 8 heteroatoms. The molecule has 0 aliphatic carbocycles. The third kappa shape index (κ3) is 3.37. The van der Waals surface area contributed by atoms with Gasteiger partial charge in [0.05, 0.1) is 5.69 Å². The highest BCUT2D eigenvalue weighted by atomic mass is 19.3. The summed E-state index contributed by atoms with van der Waals surface area (Å²) in [5.41, 5.74) is 0.429. The SMILES string of the molecule is CNCc1coc(OCC(F)(F)C(F)F)n1. The van der Waals surface area contributed by atoms with Crippen LogP contribution in [-0.2, 0) is 6.54 Å². The van der Waals surface area contributed by atoms with Crippen LogP contribution < -0.4 is 10.1 Å². The topological polar surface area (TPSA) is 47.3 Å². The molecule has 0 aromatic carbocycles. The van der Waals surface area contributed by atoms with E-state index in [1.165, 1.54) is 6.26 Å². The van der Waals surface area contributed by atoms with Gasteiger partial charge in [-0.2, -0.15) is 13.8 Å². The lowest BCUT2D eigenvalue weighted by atomic mass is 10.4. The maximum absolute atomic E-state index is 12.4. The molecule has 92 valence electrons. The Morgan fingerprint density at radius 2 is 2.25 bits per heavy atom. The van der Waals surface area contributed by atoms with Gasteiger partial charge in [0.2, 0.25) is 0 Å². The van der Waals surface area contributed by atoms with Crippen LogP contribution in [0.2, 0.25) is 0 Å². The van der Waals surface area contributed by atoms with Crippen molar-refractivity contribution in [2.45, 2.75) is 18.9 Å². The highest BCUT2D eigenvalue weighted by Gasteiger charge is 2.42. The average molecular weight is 242 g/mol. The number of halogens is 4. The fourth-order valence-corrected chi connectivity index (χ4v) is 0.838. The molecule has 16 heavy (non-hydrogen) atoms. The van der Waals surface area contributed by atoms with Gasteiger partial charge in [-0.25, -0.2) is 8.78 Å². The Bertz CT molecular complexity index is 330. The summed E-state index contributed by atoms with van der Waals surface area (Å²) < 4.78 is 57.3. The normalized spacial score (nSPS) is 12.1. The molecule has 0 fully saturated rings. The standard InChI is InChI=1S/C8H10F4N2O2/c1-13-2-5-3-15-7(14-5)16-4-8(11,12)6(9)10/h3,6,13H,2,4H2,1H3. The summed E-state index contributed by atoms with van der Waals surface area (Å²) in [5.74, 6) is -4.21. The molecule has 1 N–H and O–H groups in total. The molecule has 0 saturated carbocycles. The van der Waals surface area contributed by atoms with Crippen molar-refractivity contribution in [1.29, 1.82) is 0 Å². The first kappa shape index (κ1) is 12.8. The van der Waals surface area contributed by atoms with Gasteiger partial charge in [0.15, 0.2) is 6.61 Å². The van der Waals surface area contributed by atoms with Crippen LogP contribution in [0.25, 0.3) is 0 Å². The molecular weight excluding hydrogens is 232 g/mol. The van der Waals surface area contributed by atoms with Crippen molar-refractivity contribution in [2.75, 3.05) is 13.7 Å². The molecule has 4 nitrogen and oxygen atoms in total. The summed E-state index contributed by atoms with van der Waals surface area (Å²) in [6.07, 6.45) is -3.04. The van der Waals surface area contributed by atoms with E-state index >= 15 is 0 Å². The van der Waals surface area contributed by atoms with E-state index in [4.69, 9.17) is 0 Å². The molecule has 0 aliphatic heterocycles. The number of aromatic nitrogens is 1. The number of ether oxygens (including phenoxy) is 1. The number of nitrogens with zero attached hydrogens (tertiary/aromatic N) is 1. The molecule has 1 rings (SSSR count). The fraction of sp³-hybridized carbons (Fsp3) is 0.625. The predicted octanol–water partition coefficient (Wildman–Crippen LogP) is 1.67. The molecule has 1 aromatic rings. The fourth-order valence-electron chi connectivity index (χ4n) is 0.838. The zero-order chi connectivity index (χ0) is 12.2. The molecule has 1 heterocycles. The quantitative estimate of drug-likeness (QED) is 0.771. The van der Waals surface area contributed by atoms with Gasteiger partial charge in [-0.05, 0) is 7.05 Å². The van der Waals surface area contributed by atoms with E-state index in [1.807, 2.05) is 0 Å². The van der Waals surface area contributed by atoms with Gasteiger partial charge in [0, 0.05) is 6.54 Å². The summed E-state index contributed by atoms with van der Waals surface area (Å²) in [4.78, 5) is 3.63. The number of rotatable bonds is 6. The average Bonchev–Trinajstić information content (AvgIpc) is 2.63. The Hall–Kier alpha value is -1.31. The van der Waals surface area contributed by atoms with Crippen LogP contribution in [0.4, 0.5) is 17.6 Å². The van der Waals surface area contributed by atoms with Gasteiger partial charge < -0.3 is 14.5 Å². The zero-order valence-corrected chi connectivity index (χ0v) is 8.34. The highest BCUT2D eigenvalue weighted by Crippen LogP contribution is 2.23. The van der Waals surface area contributed by atoms with Crippen molar-refractivity contribution >= 4 is 0 Å². The van der Waals surface area contributed by atoms with Crippen LogP contribution in [0.15, 0.2) is 10.7 Å². The van der Waals surface area contributed by atoms with Crippen LogP contribution in [-0.4, -0.2) is 31.0 Å². The van der Waals surface area contributed by atoms with Crippen molar-refractivity contribution in [1.82, 2.24) is 10.3 Å². The van der Waals surface area contributed by atoms with Crippen molar-refractivity contribution in [3.63, 3.8) is 0 Å². The summed E-state index contributed by atoms with van der Waals surface area (Å²) in [6.45, 7) is -1.11. The second-order valence-corrected chi connectivity index (χ2v) is 2.99. The second-order valence-electron chi connectivity index (χ2n) is 2.99. The van der Waals surface area contributed by atoms with Crippen molar-refractivity contribution < 1.29 is 26.7 Å². The van der Waals surface area contributed by atoms with Gasteiger partial charge in [-0.1, -0.05) is 0 Å². The molecule has 0 atom stereocenters. The minimum absolute atomic E-state index is 0.359. The third-order valence-electron chi connectivity index (χ3n) is 1.60. The Morgan fingerprint density at radius 3 is 2.81 bits per heavy atom. The van der Waals surface area contributed by atoms with Crippen LogP contribution in [0.1, 0.15) is 5.69 Å². The monoisotopic (exact) mass is 242 g/mol. The van der Waals surface area contributed by atoms with Gasteiger partial charge in [-0.3, -0.25) is 0 Å². The summed E-state index contributed by atoms with van der Waals surface area (Å²) in [6, 6.07) is 0. The Kier molecular flexibility index (Phi) is 4.11. The maximum Gasteiger partial charge on any atom is 0.393 e. The summed E-state index contributed by atoms with van der Waals surface area (Å²) in [7, 11) is 1.65. The molecule has 0 unspecified atom stereocenters. The zero-order valence-electron chi connectivity index (χ0n) is 8.34. The molecule has 1 aromatic heterocycles. The molecule has 0 radical (unpaired) electrons. The molecule has 0 bridgehead atoms. The first-order valence-electron chi connectivity index (χ1n) is 4.33. The van der Waals surface area contributed by atoms with E-state index in [2.05, 4.69) is 19.5 Å². The van der Waals surface area contributed by atoms with Crippen LogP contribution >= 0.6 is 0 Å². The summed E-state index contributed by atoms with van der Waals surface area (Å²) >= 11 is 0. The maximum atomic E-state index is 12.4. The highest BCUT2D eigenvalue weighted by molar-refractivity contribution is 4.99. The first-order chi connectivity index (χ1) is 7.45. The van der Waals surface area contributed by atoms with Crippen LogP contribution in [0.3, 0.4) is 0 Å². The van der Waals surface area contributed by atoms with Crippen molar-refractivity contribution in [2.24, 2.45) is 0 Å². The van der Waals surface area contributed by atoms with Gasteiger partial charge in [-0.15, -0.1) is 0 Å². The lowest BCUT2D eigenvalue weighted by molar-refractivity contribution is -0.151. The number of nitrogens with one attached hydrogen (secondary N) is 1. The van der Waals surface area contributed by atoms with Crippen LogP contribution in [0, 0.1) is 0 Å². The van der Waals surface area contributed by atoms with E-state index in [-0.39, 0.29) is 0 Å². The molecule has 0 amide bonds. The summed E-state index contributed by atoms with van der Waals surface area (Å²) in [5, 5.41) is 2.74. The number of alkyl halides is 4. The molecule has 0 saturated heterocycles. The third-order valence-corrected chi connectivity index (χ3v) is 1.60. The van der Waals surface area contributed by atoms with E-state index in [0.717, 1.165) is 0 Å². The Labute approximate surface area is 88.6 Å². The van der Waals surface area contributed by atoms with Gasteiger partial charge in [0.25, 0.3) is 0 Å². The predicted molar refractivity (Wildman–Crippen MR) is 45.7 cm³/mol. The number of hydrogen-bond donors (Lipinski definition) is 1. The number of hydrogen-bond acceptors (Lipinski definition) is 4. The smallest absolute Gasteiger partial charge is 0.393 e. The second kappa shape index (κ2) is 5.15. The van der Waals surface area contributed by atoms with Gasteiger partial charge >= 0.3 is 18.4 Å². The Balaban J connectivity index is 2.48. The van der Waals surface area contributed by atoms with Crippen molar-refractivity contribution in [3.8, 4) is 6.08 Å². The molecule has 0 spiro atoms. The Morgan fingerprint density at radius 1 is 1.56 bits per heavy atom. The minimum atomic E-state index is -4.21. The van der Waals surface area contributed by atoms with E-state index in [9.17, 15) is 17.6 Å². The van der Waals surface area contributed by atoms with Crippen LogP contribution in [0.5, 0.6) is 6.08 Å². The minimum Gasteiger partial charge on any atom is -0.444 e. The lowest BCUT2D eigenvalue weighted by Crippen LogP contribution is -2.33. The molecular formula is C8H10F4N2O2. The number of oxazole rings is 1. The lowest BCUT2D eigenvalue weighted by Gasteiger charge is -2.13. The van der Waals surface area contributed by atoms with E-state index in [1.54, 1.807) is 7.05 Å². The first-order valence-corrected chi connectivity index (χ1v) is 4.33. The van der Waals surface area contributed by atoms with Gasteiger partial charge in [0.1, 0.15) is 6.26 Å². The molecule has 0 aliphatic rings. The van der Waals surface area contributed by atoms with Crippen molar-refractivity contribution in [3.05, 3.63) is 12.0 Å². The van der Waals surface area contributed by atoms with E-state index < -0.39 is 25.0 Å². The van der Waals surface area contributed by atoms with E-state index in [0.29, 0.717) is 12.2 Å².